The van der Waals surface area contributed by atoms with E-state index in [-0.39, 0.29) is 11.7 Å². The van der Waals surface area contributed by atoms with Crippen molar-refractivity contribution in [1.29, 1.82) is 0 Å². The molecule has 0 aliphatic heterocycles. The van der Waals surface area contributed by atoms with Gasteiger partial charge in [-0.2, -0.15) is 5.10 Å². The fourth-order valence-electron chi connectivity index (χ4n) is 2.97. The van der Waals surface area contributed by atoms with Gasteiger partial charge in [-0.1, -0.05) is 54.2 Å². The summed E-state index contributed by atoms with van der Waals surface area (Å²) in [5, 5.41) is 14.8. The highest BCUT2D eigenvalue weighted by molar-refractivity contribution is 7.99. The summed E-state index contributed by atoms with van der Waals surface area (Å²) in [6.07, 6.45) is 3.19. The van der Waals surface area contributed by atoms with E-state index in [1.54, 1.807) is 17.1 Å². The Morgan fingerprint density at radius 1 is 1.13 bits per heavy atom. The molecule has 1 N–H and O–H groups in total. The van der Waals surface area contributed by atoms with Crippen LogP contribution < -0.4 is 10.2 Å². The fourth-order valence-corrected chi connectivity index (χ4v) is 3.65. The van der Waals surface area contributed by atoms with E-state index >= 15 is 0 Å². The predicted octanol–water partition coefficient (Wildman–Crippen LogP) is 3.79. The van der Waals surface area contributed by atoms with E-state index in [0.29, 0.717) is 11.8 Å². The molecule has 1 aromatic heterocycles. The summed E-state index contributed by atoms with van der Waals surface area (Å²) in [6, 6.07) is 22.0. The van der Waals surface area contributed by atoms with Crippen LogP contribution in [0, 0.1) is 0 Å². The van der Waals surface area contributed by atoms with Gasteiger partial charge in [0, 0.05) is 7.05 Å². The van der Waals surface area contributed by atoms with Crippen molar-refractivity contribution in [3.8, 4) is 5.75 Å². The van der Waals surface area contributed by atoms with Gasteiger partial charge in [-0.15, -0.1) is 10.2 Å². The zero-order valence-electron chi connectivity index (χ0n) is 16.9. The second-order valence-corrected chi connectivity index (χ2v) is 7.74. The summed E-state index contributed by atoms with van der Waals surface area (Å²) in [4.78, 5) is 11.9. The molecule has 0 fully saturated rings. The zero-order chi connectivity index (χ0) is 21.5. The number of aromatic nitrogens is 3. The minimum Gasteiger partial charge on any atom is -0.489 e. The number of hydrogen-bond acceptors (Lipinski definition) is 6. The van der Waals surface area contributed by atoms with Crippen molar-refractivity contribution in [2.45, 2.75) is 11.8 Å². The van der Waals surface area contributed by atoms with Crippen LogP contribution in [0.2, 0.25) is 0 Å². The minimum absolute atomic E-state index is 0.209. The smallest absolute Gasteiger partial charge is 0.250 e. The lowest BCUT2D eigenvalue weighted by Gasteiger charge is -2.09. The zero-order valence-corrected chi connectivity index (χ0v) is 17.7. The molecule has 1 amide bonds. The highest BCUT2D eigenvalue weighted by atomic mass is 32.2. The Labute approximate surface area is 184 Å². The third kappa shape index (κ3) is 5.49. The van der Waals surface area contributed by atoms with Gasteiger partial charge >= 0.3 is 0 Å². The van der Waals surface area contributed by atoms with Gasteiger partial charge in [0.1, 0.15) is 18.7 Å². The van der Waals surface area contributed by atoms with Crippen molar-refractivity contribution >= 4 is 34.7 Å². The SMILES string of the molecule is Cn1cnnc1SCC(=O)NN=Cc1ccc(OCc2cccc3ccccc23)cc1. The molecular weight excluding hydrogens is 410 g/mol. The van der Waals surface area contributed by atoms with Crippen LogP contribution in [0.5, 0.6) is 5.75 Å². The molecule has 0 spiro atoms. The second-order valence-electron chi connectivity index (χ2n) is 6.80. The van der Waals surface area contributed by atoms with Crippen molar-refractivity contribution in [2.75, 3.05) is 5.75 Å². The molecule has 156 valence electrons. The van der Waals surface area contributed by atoms with Crippen LogP contribution in [0.25, 0.3) is 10.8 Å². The number of hydrogen-bond donors (Lipinski definition) is 1. The van der Waals surface area contributed by atoms with Crippen LogP contribution >= 0.6 is 11.8 Å². The Balaban J connectivity index is 1.27. The number of benzene rings is 3. The van der Waals surface area contributed by atoms with Crippen molar-refractivity contribution < 1.29 is 9.53 Å². The van der Waals surface area contributed by atoms with E-state index in [1.165, 1.54) is 22.5 Å². The lowest BCUT2D eigenvalue weighted by Crippen LogP contribution is -2.19. The second kappa shape index (κ2) is 9.90. The number of rotatable bonds is 8. The van der Waals surface area contributed by atoms with Crippen LogP contribution in [0.15, 0.2) is 83.3 Å². The van der Waals surface area contributed by atoms with Crippen LogP contribution in [0.1, 0.15) is 11.1 Å². The van der Waals surface area contributed by atoms with Gasteiger partial charge in [0.2, 0.25) is 0 Å². The average Bonchev–Trinajstić information content (AvgIpc) is 3.22. The topological polar surface area (TPSA) is 81.4 Å². The molecule has 7 nitrogen and oxygen atoms in total. The maximum absolute atomic E-state index is 11.9. The first kappa shape index (κ1) is 20.6. The van der Waals surface area contributed by atoms with E-state index in [2.05, 4.69) is 45.0 Å². The molecule has 0 aliphatic carbocycles. The average molecular weight is 432 g/mol. The Morgan fingerprint density at radius 3 is 2.74 bits per heavy atom. The van der Waals surface area contributed by atoms with E-state index in [0.717, 1.165) is 16.9 Å². The molecule has 4 rings (SSSR count). The molecule has 0 unspecified atom stereocenters. The highest BCUT2D eigenvalue weighted by Crippen LogP contribution is 2.21. The molecule has 0 atom stereocenters. The minimum atomic E-state index is -0.209. The number of fused-ring (bicyclic) bond motifs is 1. The van der Waals surface area contributed by atoms with Crippen molar-refractivity contribution in [2.24, 2.45) is 12.1 Å². The predicted molar refractivity (Wildman–Crippen MR) is 122 cm³/mol. The number of nitrogens with zero attached hydrogens (tertiary/aromatic N) is 4. The van der Waals surface area contributed by atoms with Gasteiger partial charge in [-0.25, -0.2) is 5.43 Å². The fraction of sp³-hybridized carbons (Fsp3) is 0.130. The first-order chi connectivity index (χ1) is 15.2. The Bertz CT molecular complexity index is 1200. The molecule has 0 radical (unpaired) electrons. The van der Waals surface area contributed by atoms with E-state index in [1.807, 2.05) is 49.5 Å². The van der Waals surface area contributed by atoms with Crippen molar-refractivity contribution in [1.82, 2.24) is 20.2 Å². The molecule has 0 saturated carbocycles. The monoisotopic (exact) mass is 431 g/mol. The molecule has 31 heavy (non-hydrogen) atoms. The van der Waals surface area contributed by atoms with Gasteiger partial charge in [0.15, 0.2) is 5.16 Å². The van der Waals surface area contributed by atoms with Gasteiger partial charge < -0.3 is 9.30 Å². The lowest BCUT2D eigenvalue weighted by molar-refractivity contribution is -0.118. The number of aryl methyl sites for hydroxylation is 1. The maximum atomic E-state index is 11.9. The van der Waals surface area contributed by atoms with Gasteiger partial charge in [0.05, 0.1) is 12.0 Å². The van der Waals surface area contributed by atoms with E-state index < -0.39 is 0 Å². The summed E-state index contributed by atoms with van der Waals surface area (Å²) < 4.78 is 7.70. The normalized spacial score (nSPS) is 11.1. The number of amides is 1. The van der Waals surface area contributed by atoms with Gasteiger partial charge in [0.25, 0.3) is 5.91 Å². The highest BCUT2D eigenvalue weighted by Gasteiger charge is 2.06. The molecule has 0 bridgehead atoms. The molecular formula is C23H21N5O2S. The summed E-state index contributed by atoms with van der Waals surface area (Å²) in [5.74, 6) is 0.777. The Hall–Kier alpha value is -3.65. The number of ether oxygens (including phenoxy) is 1. The van der Waals surface area contributed by atoms with Crippen LogP contribution in [-0.4, -0.2) is 32.6 Å². The number of thioether (sulfide) groups is 1. The number of hydrazone groups is 1. The molecule has 0 saturated heterocycles. The molecule has 3 aromatic carbocycles. The van der Waals surface area contributed by atoms with E-state index in [9.17, 15) is 4.79 Å². The summed E-state index contributed by atoms with van der Waals surface area (Å²) >= 11 is 1.30. The van der Waals surface area contributed by atoms with Gasteiger partial charge in [-0.3, -0.25) is 4.79 Å². The number of nitrogens with one attached hydrogen (secondary N) is 1. The van der Waals surface area contributed by atoms with Crippen molar-refractivity contribution in [3.63, 3.8) is 0 Å². The Morgan fingerprint density at radius 2 is 1.94 bits per heavy atom. The van der Waals surface area contributed by atoms with Crippen LogP contribution in [0.4, 0.5) is 0 Å². The molecule has 4 aromatic rings. The van der Waals surface area contributed by atoms with E-state index in [4.69, 9.17) is 4.74 Å². The van der Waals surface area contributed by atoms with Crippen LogP contribution in [0.3, 0.4) is 0 Å². The largest absolute Gasteiger partial charge is 0.489 e. The first-order valence-corrected chi connectivity index (χ1v) is 10.7. The third-order valence-corrected chi connectivity index (χ3v) is 5.59. The van der Waals surface area contributed by atoms with Crippen molar-refractivity contribution in [3.05, 3.63) is 84.2 Å². The number of carbonyl (C=O) groups excluding carboxylic acids is 1. The number of carbonyl (C=O) groups is 1. The quantitative estimate of drug-likeness (QED) is 0.261. The maximum Gasteiger partial charge on any atom is 0.250 e. The lowest BCUT2D eigenvalue weighted by atomic mass is 10.1. The third-order valence-electron chi connectivity index (χ3n) is 4.56. The summed E-state index contributed by atoms with van der Waals surface area (Å²) in [6.45, 7) is 0.494. The molecule has 8 heteroatoms. The Kier molecular flexibility index (Phi) is 6.59. The molecule has 0 aliphatic rings. The summed E-state index contributed by atoms with van der Waals surface area (Å²) in [7, 11) is 1.83. The van der Waals surface area contributed by atoms with Crippen LogP contribution in [-0.2, 0) is 18.4 Å². The summed E-state index contributed by atoms with van der Waals surface area (Å²) in [5.41, 5.74) is 4.52. The first-order valence-electron chi connectivity index (χ1n) is 9.67. The van der Waals surface area contributed by atoms with Gasteiger partial charge in [-0.05, 0) is 46.2 Å². The standard InChI is InChI=1S/C23H21N5O2S/c1-28-16-25-27-23(28)31-15-22(29)26-24-13-17-9-11-20(12-10-17)30-14-19-7-4-6-18-5-2-3-8-21(18)19/h2-13,16H,14-15H2,1H3,(H,26,29). The molecule has 1 heterocycles.